The second-order valence-corrected chi connectivity index (χ2v) is 7.51. The fraction of sp³-hybridized carbons (Fsp3) is 0.160. The molecule has 156 valence electrons. The van der Waals surface area contributed by atoms with E-state index in [-0.39, 0.29) is 18.4 Å². The summed E-state index contributed by atoms with van der Waals surface area (Å²) in [5.74, 6) is 0.0619. The van der Waals surface area contributed by atoms with E-state index < -0.39 is 0 Å². The van der Waals surface area contributed by atoms with Crippen molar-refractivity contribution >= 4 is 28.4 Å². The van der Waals surface area contributed by atoms with Gasteiger partial charge in [-0.1, -0.05) is 30.3 Å². The summed E-state index contributed by atoms with van der Waals surface area (Å²) in [4.78, 5) is 31.9. The number of fused-ring (bicyclic) bond motifs is 1. The van der Waals surface area contributed by atoms with Gasteiger partial charge in [-0.2, -0.15) is 0 Å². The van der Waals surface area contributed by atoms with Gasteiger partial charge in [0.1, 0.15) is 5.69 Å². The lowest BCUT2D eigenvalue weighted by atomic mass is 10.1. The summed E-state index contributed by atoms with van der Waals surface area (Å²) in [5.41, 5.74) is 4.58. The van der Waals surface area contributed by atoms with Gasteiger partial charge in [0.15, 0.2) is 5.76 Å². The number of nitrogens with zero attached hydrogens (tertiary/aromatic N) is 2. The van der Waals surface area contributed by atoms with Crippen LogP contribution in [-0.4, -0.2) is 35.3 Å². The number of anilines is 1. The molecule has 2 amide bonds. The molecule has 0 aliphatic carbocycles. The van der Waals surface area contributed by atoms with Gasteiger partial charge in [0.05, 0.1) is 23.9 Å². The van der Waals surface area contributed by atoms with Crippen molar-refractivity contribution in [3.63, 3.8) is 0 Å². The molecule has 6 heteroatoms. The number of furan rings is 1. The molecular weight excluding hydrogens is 390 g/mol. The van der Waals surface area contributed by atoms with Crippen molar-refractivity contribution in [1.29, 1.82) is 0 Å². The first-order valence-electron chi connectivity index (χ1n) is 9.99. The van der Waals surface area contributed by atoms with Crippen molar-refractivity contribution in [3.8, 4) is 11.5 Å². The number of aryl methyl sites for hydroxylation is 1. The Kier molecular flexibility index (Phi) is 5.54. The molecule has 0 saturated heterocycles. The highest BCUT2D eigenvalue weighted by Crippen LogP contribution is 2.26. The van der Waals surface area contributed by atoms with Crippen LogP contribution < -0.4 is 5.32 Å². The molecule has 0 bridgehead atoms. The van der Waals surface area contributed by atoms with Crippen molar-refractivity contribution in [2.75, 3.05) is 18.9 Å². The molecule has 0 aliphatic heterocycles. The van der Waals surface area contributed by atoms with E-state index in [1.54, 1.807) is 31.5 Å². The molecule has 2 aromatic carbocycles. The highest BCUT2D eigenvalue weighted by atomic mass is 16.3. The van der Waals surface area contributed by atoms with E-state index in [4.69, 9.17) is 4.42 Å². The first-order valence-corrected chi connectivity index (χ1v) is 9.99. The average Bonchev–Trinajstić information content (AvgIpc) is 3.30. The Bertz CT molecular complexity index is 1260. The largest absolute Gasteiger partial charge is 0.463 e. The zero-order chi connectivity index (χ0) is 22.0. The Morgan fingerprint density at radius 3 is 2.61 bits per heavy atom. The van der Waals surface area contributed by atoms with Crippen LogP contribution in [0.5, 0.6) is 0 Å². The molecule has 4 aromatic rings. The number of aromatic nitrogens is 1. The molecule has 6 nitrogen and oxygen atoms in total. The van der Waals surface area contributed by atoms with Crippen LogP contribution in [0.1, 0.15) is 21.5 Å². The number of benzene rings is 2. The second-order valence-electron chi connectivity index (χ2n) is 7.51. The van der Waals surface area contributed by atoms with Crippen molar-refractivity contribution in [1.82, 2.24) is 9.88 Å². The first kappa shape index (κ1) is 20.3. The topological polar surface area (TPSA) is 75.4 Å². The molecule has 0 spiro atoms. The molecule has 0 unspecified atom stereocenters. The van der Waals surface area contributed by atoms with E-state index in [0.717, 1.165) is 22.2 Å². The monoisotopic (exact) mass is 413 g/mol. The van der Waals surface area contributed by atoms with E-state index >= 15 is 0 Å². The molecule has 0 radical (unpaired) electrons. The lowest BCUT2D eigenvalue weighted by Crippen LogP contribution is -2.35. The van der Waals surface area contributed by atoms with Gasteiger partial charge in [-0.25, -0.2) is 4.98 Å². The van der Waals surface area contributed by atoms with Crippen LogP contribution in [0.2, 0.25) is 0 Å². The predicted molar refractivity (Wildman–Crippen MR) is 121 cm³/mol. The van der Waals surface area contributed by atoms with Gasteiger partial charge >= 0.3 is 0 Å². The molecule has 0 atom stereocenters. The third-order valence-corrected chi connectivity index (χ3v) is 5.33. The lowest BCUT2D eigenvalue weighted by Gasteiger charge is -2.19. The van der Waals surface area contributed by atoms with Crippen LogP contribution in [0.3, 0.4) is 0 Å². The van der Waals surface area contributed by atoms with Gasteiger partial charge in [-0.15, -0.1) is 0 Å². The van der Waals surface area contributed by atoms with Crippen molar-refractivity contribution in [3.05, 3.63) is 83.6 Å². The fourth-order valence-electron chi connectivity index (χ4n) is 3.47. The maximum Gasteiger partial charge on any atom is 0.254 e. The number of hydrogen-bond acceptors (Lipinski definition) is 4. The van der Waals surface area contributed by atoms with E-state index in [1.807, 2.05) is 56.3 Å². The van der Waals surface area contributed by atoms with Crippen LogP contribution in [-0.2, 0) is 4.79 Å². The molecular formula is C25H23N3O3. The summed E-state index contributed by atoms with van der Waals surface area (Å²) in [6.45, 7) is 3.88. The number of para-hydroxylation sites is 1. The Morgan fingerprint density at radius 1 is 1.03 bits per heavy atom. The lowest BCUT2D eigenvalue weighted by molar-refractivity contribution is -0.116. The first-order chi connectivity index (χ1) is 14.9. The number of amides is 2. The minimum absolute atomic E-state index is 0.0705. The highest BCUT2D eigenvalue weighted by molar-refractivity contribution is 6.08. The number of pyridine rings is 1. The van der Waals surface area contributed by atoms with E-state index in [2.05, 4.69) is 10.3 Å². The highest BCUT2D eigenvalue weighted by Gasteiger charge is 2.20. The number of likely N-dealkylation sites (N-methyl/N-ethyl adjacent to an activating group) is 1. The molecule has 1 N–H and O–H groups in total. The maximum atomic E-state index is 13.3. The molecule has 0 aliphatic rings. The van der Waals surface area contributed by atoms with Crippen LogP contribution >= 0.6 is 0 Å². The van der Waals surface area contributed by atoms with Gasteiger partial charge < -0.3 is 14.6 Å². The van der Waals surface area contributed by atoms with Crippen LogP contribution in [0, 0.1) is 13.8 Å². The van der Waals surface area contributed by atoms with Gasteiger partial charge in [0, 0.05) is 18.1 Å². The number of carbonyl (C=O) groups is 2. The average molecular weight is 413 g/mol. The number of nitrogens with one attached hydrogen (secondary N) is 1. The Balaban J connectivity index is 1.60. The standard InChI is InChI=1S/C25H23N3O3/c1-16-8-6-11-20(17(16)2)27-24(29)15-28(3)25(30)19-14-22(23-12-7-13-31-23)26-21-10-5-4-9-18(19)21/h4-14H,15H2,1-3H3,(H,27,29). The summed E-state index contributed by atoms with van der Waals surface area (Å²) in [6.07, 6.45) is 1.57. The minimum atomic E-state index is -0.262. The second kappa shape index (κ2) is 8.44. The normalized spacial score (nSPS) is 10.8. The minimum Gasteiger partial charge on any atom is -0.463 e. The van der Waals surface area contributed by atoms with Gasteiger partial charge in [0.2, 0.25) is 5.91 Å². The van der Waals surface area contributed by atoms with Crippen molar-refractivity contribution < 1.29 is 14.0 Å². The van der Waals surface area contributed by atoms with Gasteiger partial charge in [-0.3, -0.25) is 9.59 Å². The third-order valence-electron chi connectivity index (χ3n) is 5.33. The molecule has 0 fully saturated rings. The molecule has 4 rings (SSSR count). The summed E-state index contributed by atoms with van der Waals surface area (Å²) >= 11 is 0. The molecule has 2 heterocycles. The summed E-state index contributed by atoms with van der Waals surface area (Å²) < 4.78 is 5.46. The van der Waals surface area contributed by atoms with E-state index in [1.165, 1.54) is 4.90 Å². The number of rotatable bonds is 5. The Labute approximate surface area is 180 Å². The van der Waals surface area contributed by atoms with E-state index in [0.29, 0.717) is 22.5 Å². The van der Waals surface area contributed by atoms with Crippen LogP contribution in [0.4, 0.5) is 5.69 Å². The Morgan fingerprint density at radius 2 is 1.84 bits per heavy atom. The van der Waals surface area contributed by atoms with Crippen molar-refractivity contribution in [2.45, 2.75) is 13.8 Å². The quantitative estimate of drug-likeness (QED) is 0.509. The van der Waals surface area contributed by atoms with Crippen molar-refractivity contribution in [2.24, 2.45) is 0 Å². The maximum absolute atomic E-state index is 13.3. The SMILES string of the molecule is Cc1cccc(NC(=O)CN(C)C(=O)c2cc(-c3ccco3)nc3ccccc23)c1C. The van der Waals surface area contributed by atoms with Crippen LogP contribution in [0.25, 0.3) is 22.4 Å². The predicted octanol–water partition coefficient (Wildman–Crippen LogP) is 4.82. The number of carbonyl (C=O) groups excluding carboxylic acids is 2. The molecule has 2 aromatic heterocycles. The Hall–Kier alpha value is -3.93. The fourth-order valence-corrected chi connectivity index (χ4v) is 3.47. The van der Waals surface area contributed by atoms with Gasteiger partial charge in [0.25, 0.3) is 5.91 Å². The molecule has 0 saturated carbocycles. The van der Waals surface area contributed by atoms with Crippen LogP contribution in [0.15, 0.2) is 71.3 Å². The summed E-state index contributed by atoms with van der Waals surface area (Å²) in [7, 11) is 1.62. The summed E-state index contributed by atoms with van der Waals surface area (Å²) in [5, 5.41) is 3.63. The zero-order valence-corrected chi connectivity index (χ0v) is 17.7. The number of hydrogen-bond donors (Lipinski definition) is 1. The smallest absolute Gasteiger partial charge is 0.254 e. The van der Waals surface area contributed by atoms with Gasteiger partial charge in [-0.05, 0) is 55.3 Å². The molecule has 31 heavy (non-hydrogen) atoms. The zero-order valence-electron chi connectivity index (χ0n) is 17.7. The third kappa shape index (κ3) is 4.19. The van der Waals surface area contributed by atoms with E-state index in [9.17, 15) is 9.59 Å². The summed E-state index contributed by atoms with van der Waals surface area (Å²) in [6, 6.07) is 18.5.